The number of halogens is 1. The fourth-order valence-corrected chi connectivity index (χ4v) is 1.45. The first-order chi connectivity index (χ1) is 7.54. The number of hydrogen-bond acceptors (Lipinski definition) is 5. The van der Waals surface area contributed by atoms with Crippen LogP contribution in [-0.4, -0.2) is 39.9 Å². The molecule has 2 N–H and O–H groups in total. The van der Waals surface area contributed by atoms with E-state index < -0.39 is 12.0 Å². The average molecular weight is 262 g/mol. The van der Waals surface area contributed by atoms with Gasteiger partial charge in [-0.15, -0.1) is 0 Å². The van der Waals surface area contributed by atoms with Crippen molar-refractivity contribution in [2.75, 3.05) is 12.8 Å². The second-order valence-corrected chi connectivity index (χ2v) is 4.29. The summed E-state index contributed by atoms with van der Waals surface area (Å²) in [6.45, 7) is 1.74. The Labute approximate surface area is 103 Å². The highest BCUT2D eigenvalue weighted by molar-refractivity contribution is 7.98. The van der Waals surface area contributed by atoms with E-state index in [4.69, 9.17) is 16.7 Å². The number of nitrogens with one attached hydrogen (secondary N) is 1. The number of hydrogen-bond donors (Lipinski definition) is 2. The molecule has 0 saturated carbocycles. The van der Waals surface area contributed by atoms with Gasteiger partial charge < -0.3 is 10.4 Å². The molecule has 1 amide bonds. The lowest BCUT2D eigenvalue weighted by Crippen LogP contribution is -2.31. The van der Waals surface area contributed by atoms with Crippen LogP contribution in [0.3, 0.4) is 0 Å². The zero-order valence-electron chi connectivity index (χ0n) is 8.90. The van der Waals surface area contributed by atoms with E-state index in [-0.39, 0.29) is 17.3 Å². The van der Waals surface area contributed by atoms with Crippen LogP contribution in [0, 0.1) is 0 Å². The Morgan fingerprint density at radius 3 is 3.00 bits per heavy atom. The summed E-state index contributed by atoms with van der Waals surface area (Å²) in [5.74, 6) is -0.413. The Kier molecular flexibility index (Phi) is 4.98. The van der Waals surface area contributed by atoms with Gasteiger partial charge in [-0.2, -0.15) is 0 Å². The molecule has 0 bridgehead atoms. The number of thioether (sulfide) groups is 1. The predicted octanol–water partition coefficient (Wildman–Crippen LogP) is 0.962. The number of carbonyl (C=O) groups excluding carboxylic acids is 1. The zero-order chi connectivity index (χ0) is 12.1. The van der Waals surface area contributed by atoms with Crippen molar-refractivity contribution < 1.29 is 9.90 Å². The Bertz CT molecular complexity index is 387. The van der Waals surface area contributed by atoms with Gasteiger partial charge in [-0.05, 0) is 13.2 Å². The number of aromatic nitrogens is 2. The standard InChI is InChI=1S/C9H12ClN3O2S/c1-5(14)3-11-8(15)7-6(10)4-12-9(13-7)16-2/h4-5,14H,3H2,1-2H3,(H,11,15). The van der Waals surface area contributed by atoms with Crippen molar-refractivity contribution >= 4 is 29.3 Å². The number of rotatable bonds is 4. The Hall–Kier alpha value is -0.850. The van der Waals surface area contributed by atoms with Crippen LogP contribution < -0.4 is 5.32 Å². The third-order valence-corrected chi connectivity index (χ3v) is 2.52. The smallest absolute Gasteiger partial charge is 0.271 e. The molecular formula is C9H12ClN3O2S. The van der Waals surface area contributed by atoms with Crippen LogP contribution in [0.25, 0.3) is 0 Å². The molecule has 0 spiro atoms. The van der Waals surface area contributed by atoms with Crippen molar-refractivity contribution in [2.45, 2.75) is 18.2 Å². The molecule has 0 radical (unpaired) electrons. The highest BCUT2D eigenvalue weighted by atomic mass is 35.5. The topological polar surface area (TPSA) is 75.1 Å². The van der Waals surface area contributed by atoms with Gasteiger partial charge in [0.2, 0.25) is 0 Å². The highest BCUT2D eigenvalue weighted by Crippen LogP contribution is 2.16. The van der Waals surface area contributed by atoms with Crippen LogP contribution in [-0.2, 0) is 0 Å². The SMILES string of the molecule is CSc1ncc(Cl)c(C(=O)NCC(C)O)n1. The minimum absolute atomic E-state index is 0.127. The summed E-state index contributed by atoms with van der Waals surface area (Å²) in [5, 5.41) is 12.2. The fourth-order valence-electron chi connectivity index (χ4n) is 0.933. The normalized spacial score (nSPS) is 12.2. The summed E-state index contributed by atoms with van der Waals surface area (Å²) in [6.07, 6.45) is 2.59. The van der Waals surface area contributed by atoms with Gasteiger partial charge in [-0.3, -0.25) is 4.79 Å². The molecule has 16 heavy (non-hydrogen) atoms. The molecule has 88 valence electrons. The first-order valence-corrected chi connectivity index (χ1v) is 6.17. The van der Waals surface area contributed by atoms with E-state index in [0.29, 0.717) is 5.16 Å². The van der Waals surface area contributed by atoms with Gasteiger partial charge in [0, 0.05) is 6.54 Å². The van der Waals surface area contributed by atoms with Crippen molar-refractivity contribution in [1.82, 2.24) is 15.3 Å². The Morgan fingerprint density at radius 1 is 1.75 bits per heavy atom. The number of aliphatic hydroxyl groups is 1. The molecule has 5 nitrogen and oxygen atoms in total. The first-order valence-electron chi connectivity index (χ1n) is 4.57. The quantitative estimate of drug-likeness (QED) is 0.624. The summed E-state index contributed by atoms with van der Waals surface area (Å²) in [7, 11) is 0. The van der Waals surface area contributed by atoms with Crippen LogP contribution in [0.4, 0.5) is 0 Å². The lowest BCUT2D eigenvalue weighted by molar-refractivity contribution is 0.0918. The van der Waals surface area contributed by atoms with E-state index in [2.05, 4.69) is 15.3 Å². The van der Waals surface area contributed by atoms with E-state index in [9.17, 15) is 4.79 Å². The summed E-state index contributed by atoms with van der Waals surface area (Å²) in [5.41, 5.74) is 0.127. The lowest BCUT2D eigenvalue weighted by Gasteiger charge is -2.07. The van der Waals surface area contributed by atoms with Crippen LogP contribution in [0.2, 0.25) is 5.02 Å². The number of nitrogens with zero attached hydrogens (tertiary/aromatic N) is 2. The van der Waals surface area contributed by atoms with Crippen LogP contribution >= 0.6 is 23.4 Å². The van der Waals surface area contributed by atoms with Crippen molar-refractivity contribution in [3.05, 3.63) is 16.9 Å². The van der Waals surface area contributed by atoms with Crippen molar-refractivity contribution in [1.29, 1.82) is 0 Å². The molecule has 0 saturated heterocycles. The van der Waals surface area contributed by atoms with Crippen LogP contribution in [0.15, 0.2) is 11.4 Å². The average Bonchev–Trinajstić information content (AvgIpc) is 2.26. The number of amides is 1. The van der Waals surface area contributed by atoms with Gasteiger partial charge in [-0.1, -0.05) is 23.4 Å². The van der Waals surface area contributed by atoms with Crippen LogP contribution in [0.5, 0.6) is 0 Å². The maximum atomic E-state index is 11.6. The fraction of sp³-hybridized carbons (Fsp3) is 0.444. The molecular weight excluding hydrogens is 250 g/mol. The molecule has 1 aromatic rings. The second kappa shape index (κ2) is 6.03. The maximum absolute atomic E-state index is 11.6. The molecule has 1 rings (SSSR count). The van der Waals surface area contributed by atoms with E-state index in [0.717, 1.165) is 0 Å². The van der Waals surface area contributed by atoms with Gasteiger partial charge in [0.05, 0.1) is 17.3 Å². The number of carbonyl (C=O) groups is 1. The molecule has 0 fully saturated rings. The van der Waals surface area contributed by atoms with Crippen LogP contribution in [0.1, 0.15) is 17.4 Å². The molecule has 0 aliphatic carbocycles. The monoisotopic (exact) mass is 261 g/mol. The van der Waals surface area contributed by atoms with Crippen molar-refractivity contribution in [3.63, 3.8) is 0 Å². The van der Waals surface area contributed by atoms with Gasteiger partial charge in [0.25, 0.3) is 5.91 Å². The molecule has 0 aromatic carbocycles. The van der Waals surface area contributed by atoms with Gasteiger partial charge in [0.15, 0.2) is 10.9 Å². The van der Waals surface area contributed by atoms with E-state index >= 15 is 0 Å². The van der Waals surface area contributed by atoms with E-state index in [1.165, 1.54) is 18.0 Å². The minimum atomic E-state index is -0.607. The molecule has 7 heteroatoms. The minimum Gasteiger partial charge on any atom is -0.392 e. The van der Waals surface area contributed by atoms with E-state index in [1.54, 1.807) is 13.2 Å². The zero-order valence-corrected chi connectivity index (χ0v) is 10.5. The summed E-state index contributed by atoms with van der Waals surface area (Å²) in [6, 6.07) is 0. The van der Waals surface area contributed by atoms with Gasteiger partial charge in [0.1, 0.15) is 0 Å². The molecule has 1 heterocycles. The molecule has 1 unspecified atom stereocenters. The largest absolute Gasteiger partial charge is 0.392 e. The summed E-state index contributed by atoms with van der Waals surface area (Å²) >= 11 is 7.13. The Balaban J connectivity index is 2.81. The highest BCUT2D eigenvalue weighted by Gasteiger charge is 2.14. The van der Waals surface area contributed by atoms with Gasteiger partial charge in [-0.25, -0.2) is 9.97 Å². The molecule has 1 atom stereocenters. The third kappa shape index (κ3) is 3.62. The molecule has 0 aliphatic heterocycles. The second-order valence-electron chi connectivity index (χ2n) is 3.11. The summed E-state index contributed by atoms with van der Waals surface area (Å²) < 4.78 is 0. The van der Waals surface area contributed by atoms with Crippen molar-refractivity contribution in [2.24, 2.45) is 0 Å². The number of aliphatic hydroxyl groups excluding tert-OH is 1. The lowest BCUT2D eigenvalue weighted by atomic mass is 10.3. The maximum Gasteiger partial charge on any atom is 0.271 e. The molecule has 0 aliphatic rings. The van der Waals surface area contributed by atoms with E-state index in [1.807, 2.05) is 0 Å². The first kappa shape index (κ1) is 13.2. The van der Waals surface area contributed by atoms with Gasteiger partial charge >= 0.3 is 0 Å². The summed E-state index contributed by atoms with van der Waals surface area (Å²) in [4.78, 5) is 19.6. The predicted molar refractivity (Wildman–Crippen MR) is 62.8 cm³/mol. The van der Waals surface area contributed by atoms with Crippen molar-refractivity contribution in [3.8, 4) is 0 Å². The Morgan fingerprint density at radius 2 is 2.44 bits per heavy atom. The third-order valence-electron chi connectivity index (χ3n) is 1.68. The molecule has 1 aromatic heterocycles.